The number of likely N-dealkylation sites (tertiary alicyclic amines) is 1. The third kappa shape index (κ3) is 3.66. The van der Waals surface area contributed by atoms with Gasteiger partial charge in [-0.1, -0.05) is 6.92 Å². The molecule has 1 saturated heterocycles. The summed E-state index contributed by atoms with van der Waals surface area (Å²) in [6, 6.07) is 2.50. The molecule has 1 aliphatic heterocycles. The minimum Gasteiger partial charge on any atom is -0.337 e. The fourth-order valence-electron chi connectivity index (χ4n) is 2.53. The lowest BCUT2D eigenvalue weighted by Gasteiger charge is -2.33. The monoisotopic (exact) mass is 317 g/mol. The second-order valence-electron chi connectivity index (χ2n) is 5.41. The van der Waals surface area contributed by atoms with Crippen LogP contribution in [0.4, 0.5) is 13.2 Å². The van der Waals surface area contributed by atoms with Crippen molar-refractivity contribution in [2.24, 2.45) is 5.92 Å². The minimum atomic E-state index is -4.30. The second kappa shape index (κ2) is 6.50. The standard InChI is InChI=1S/C14H18F3N3O2/c1-2-7-20-12(21)6-5-11(18-20)13(22)19-8-3-4-10(9-19)14(15,16)17/h5-6,10H,2-4,7-9H2,1H3. The van der Waals surface area contributed by atoms with Crippen molar-refractivity contribution >= 4 is 5.91 Å². The number of aromatic nitrogens is 2. The van der Waals surface area contributed by atoms with Gasteiger partial charge in [-0.3, -0.25) is 9.59 Å². The summed E-state index contributed by atoms with van der Waals surface area (Å²) in [7, 11) is 0. The van der Waals surface area contributed by atoms with Crippen LogP contribution in [0.2, 0.25) is 0 Å². The summed E-state index contributed by atoms with van der Waals surface area (Å²) in [4.78, 5) is 25.1. The van der Waals surface area contributed by atoms with Crippen LogP contribution in [0, 0.1) is 5.92 Å². The number of nitrogens with zero attached hydrogens (tertiary/aromatic N) is 3. The van der Waals surface area contributed by atoms with Gasteiger partial charge in [-0.25, -0.2) is 4.68 Å². The molecule has 0 aliphatic carbocycles. The predicted molar refractivity (Wildman–Crippen MR) is 73.5 cm³/mol. The Morgan fingerprint density at radius 1 is 1.41 bits per heavy atom. The highest BCUT2D eigenvalue weighted by Crippen LogP contribution is 2.33. The van der Waals surface area contributed by atoms with Gasteiger partial charge in [0.05, 0.1) is 5.92 Å². The first-order chi connectivity index (χ1) is 10.3. The molecular formula is C14H18F3N3O2. The zero-order valence-corrected chi connectivity index (χ0v) is 12.3. The largest absolute Gasteiger partial charge is 0.393 e. The van der Waals surface area contributed by atoms with E-state index >= 15 is 0 Å². The molecule has 2 heterocycles. The molecule has 1 aromatic rings. The number of piperidine rings is 1. The molecule has 122 valence electrons. The summed E-state index contributed by atoms with van der Waals surface area (Å²) >= 11 is 0. The van der Waals surface area contributed by atoms with E-state index in [0.29, 0.717) is 19.4 Å². The Hall–Kier alpha value is -1.86. The predicted octanol–water partition coefficient (Wildman–Crippen LogP) is 2.07. The Kier molecular flexibility index (Phi) is 4.87. The number of carbonyl (C=O) groups excluding carboxylic acids is 1. The van der Waals surface area contributed by atoms with Gasteiger partial charge >= 0.3 is 6.18 Å². The van der Waals surface area contributed by atoms with Crippen molar-refractivity contribution in [3.63, 3.8) is 0 Å². The average Bonchev–Trinajstić information content (AvgIpc) is 2.48. The molecule has 5 nitrogen and oxygen atoms in total. The van der Waals surface area contributed by atoms with E-state index in [4.69, 9.17) is 0 Å². The summed E-state index contributed by atoms with van der Waals surface area (Å²) in [5.74, 6) is -2.05. The van der Waals surface area contributed by atoms with Gasteiger partial charge < -0.3 is 4.90 Å². The maximum atomic E-state index is 12.8. The molecule has 0 aromatic carbocycles. The highest BCUT2D eigenvalue weighted by Gasteiger charge is 2.42. The fraction of sp³-hybridized carbons (Fsp3) is 0.643. The fourth-order valence-corrected chi connectivity index (χ4v) is 2.53. The van der Waals surface area contributed by atoms with Crippen LogP contribution in [0.15, 0.2) is 16.9 Å². The molecule has 0 bridgehead atoms. The first kappa shape index (κ1) is 16.5. The highest BCUT2D eigenvalue weighted by atomic mass is 19.4. The Bertz CT molecular complexity index is 598. The van der Waals surface area contributed by atoms with E-state index in [0.717, 1.165) is 0 Å². The molecule has 22 heavy (non-hydrogen) atoms. The Labute approximate surface area is 125 Å². The number of aryl methyl sites for hydroxylation is 1. The molecule has 0 radical (unpaired) electrons. The van der Waals surface area contributed by atoms with Crippen molar-refractivity contribution in [3.8, 4) is 0 Å². The van der Waals surface area contributed by atoms with Crippen LogP contribution in [0.25, 0.3) is 0 Å². The number of carbonyl (C=O) groups is 1. The van der Waals surface area contributed by atoms with Gasteiger partial charge in [-0.2, -0.15) is 18.3 Å². The molecule has 1 aliphatic rings. The molecule has 0 N–H and O–H groups in total. The van der Waals surface area contributed by atoms with Gasteiger partial charge in [0, 0.05) is 25.7 Å². The quantitative estimate of drug-likeness (QED) is 0.857. The topological polar surface area (TPSA) is 55.2 Å². The Morgan fingerprint density at radius 3 is 2.77 bits per heavy atom. The summed E-state index contributed by atoms with van der Waals surface area (Å²) in [5.41, 5.74) is -0.318. The molecule has 2 rings (SSSR count). The van der Waals surface area contributed by atoms with E-state index in [9.17, 15) is 22.8 Å². The lowest BCUT2D eigenvalue weighted by molar-refractivity contribution is -0.184. The SMILES string of the molecule is CCCn1nc(C(=O)N2CCCC(C(F)(F)F)C2)ccc1=O. The Morgan fingerprint density at radius 2 is 2.14 bits per heavy atom. The van der Waals surface area contributed by atoms with Crippen LogP contribution < -0.4 is 5.56 Å². The van der Waals surface area contributed by atoms with Crippen LogP contribution in [0.5, 0.6) is 0 Å². The summed E-state index contributed by atoms with van der Waals surface area (Å²) in [6.45, 7) is 2.16. The summed E-state index contributed by atoms with van der Waals surface area (Å²) in [6.07, 6.45) is -3.28. The van der Waals surface area contributed by atoms with Crippen LogP contribution >= 0.6 is 0 Å². The van der Waals surface area contributed by atoms with E-state index in [1.807, 2.05) is 6.92 Å². The lowest BCUT2D eigenvalue weighted by Crippen LogP contribution is -2.45. The van der Waals surface area contributed by atoms with Crippen LogP contribution in [0.3, 0.4) is 0 Å². The summed E-state index contributed by atoms with van der Waals surface area (Å²) in [5, 5.41) is 3.96. The van der Waals surface area contributed by atoms with Crippen molar-refractivity contribution in [3.05, 3.63) is 28.2 Å². The first-order valence-corrected chi connectivity index (χ1v) is 7.27. The van der Waals surface area contributed by atoms with Crippen LogP contribution in [0.1, 0.15) is 36.7 Å². The molecule has 1 fully saturated rings. The van der Waals surface area contributed by atoms with Crippen LogP contribution in [-0.4, -0.2) is 39.9 Å². The van der Waals surface area contributed by atoms with Crippen LogP contribution in [-0.2, 0) is 6.54 Å². The summed E-state index contributed by atoms with van der Waals surface area (Å²) < 4.78 is 39.6. The zero-order chi connectivity index (χ0) is 16.3. The van der Waals surface area contributed by atoms with Gasteiger partial charge in [-0.15, -0.1) is 0 Å². The number of alkyl halides is 3. The average molecular weight is 317 g/mol. The van der Waals surface area contributed by atoms with Crippen molar-refractivity contribution < 1.29 is 18.0 Å². The van der Waals surface area contributed by atoms with Crippen molar-refractivity contribution in [1.82, 2.24) is 14.7 Å². The molecule has 1 atom stereocenters. The minimum absolute atomic E-state index is 0.0101. The molecular weight excluding hydrogens is 299 g/mol. The van der Waals surface area contributed by atoms with Crippen molar-refractivity contribution in [1.29, 1.82) is 0 Å². The lowest BCUT2D eigenvalue weighted by atomic mass is 9.97. The highest BCUT2D eigenvalue weighted by molar-refractivity contribution is 5.92. The number of halogens is 3. The van der Waals surface area contributed by atoms with Crippen molar-refractivity contribution in [2.75, 3.05) is 13.1 Å². The number of hydrogen-bond acceptors (Lipinski definition) is 3. The molecule has 0 spiro atoms. The normalized spacial score (nSPS) is 19.3. The van der Waals surface area contributed by atoms with E-state index in [1.165, 1.54) is 21.7 Å². The van der Waals surface area contributed by atoms with Gasteiger partial charge in [0.25, 0.3) is 11.5 Å². The third-order valence-corrected chi connectivity index (χ3v) is 3.69. The molecule has 0 saturated carbocycles. The zero-order valence-electron chi connectivity index (χ0n) is 12.3. The second-order valence-corrected chi connectivity index (χ2v) is 5.41. The molecule has 8 heteroatoms. The maximum Gasteiger partial charge on any atom is 0.393 e. The Balaban J connectivity index is 2.17. The molecule has 1 amide bonds. The van der Waals surface area contributed by atoms with E-state index in [-0.39, 0.29) is 30.8 Å². The number of hydrogen-bond donors (Lipinski definition) is 0. The first-order valence-electron chi connectivity index (χ1n) is 7.27. The van der Waals surface area contributed by atoms with Gasteiger partial charge in [0.1, 0.15) is 5.69 Å². The van der Waals surface area contributed by atoms with E-state index in [1.54, 1.807) is 0 Å². The van der Waals surface area contributed by atoms with Gasteiger partial charge in [0.15, 0.2) is 0 Å². The van der Waals surface area contributed by atoms with Crippen molar-refractivity contribution in [2.45, 2.75) is 38.9 Å². The third-order valence-electron chi connectivity index (χ3n) is 3.69. The maximum absolute atomic E-state index is 12.8. The molecule has 1 aromatic heterocycles. The van der Waals surface area contributed by atoms with E-state index < -0.39 is 18.0 Å². The van der Waals surface area contributed by atoms with Gasteiger partial charge in [0.2, 0.25) is 0 Å². The number of rotatable bonds is 3. The van der Waals surface area contributed by atoms with Gasteiger partial charge in [-0.05, 0) is 25.3 Å². The molecule has 1 unspecified atom stereocenters. The smallest absolute Gasteiger partial charge is 0.337 e. The number of amides is 1. The van der Waals surface area contributed by atoms with E-state index in [2.05, 4.69) is 5.10 Å².